The molecule has 4 heteroatoms. The molecule has 0 saturated heterocycles. The van der Waals surface area contributed by atoms with Gasteiger partial charge < -0.3 is 0 Å². The summed E-state index contributed by atoms with van der Waals surface area (Å²) in [6.07, 6.45) is -3.45. The highest BCUT2D eigenvalue weighted by Crippen LogP contribution is 2.25. The Kier molecular flexibility index (Phi) is 9.20. The summed E-state index contributed by atoms with van der Waals surface area (Å²) in [5.41, 5.74) is 10.5. The smallest absolute Gasteiger partial charge is 0.111 e. The highest BCUT2D eigenvalue weighted by atomic mass is 35.5. The number of halogens is 2. The van der Waals surface area contributed by atoms with Gasteiger partial charge in [0.15, 0.2) is 0 Å². The first-order valence-electron chi connectivity index (χ1n) is 17.9. The molecule has 0 spiro atoms. The molecule has 250 valence electrons. The monoisotopic (exact) mass is 688 g/mol. The average Bonchev–Trinajstić information content (AvgIpc) is 3.22. The van der Waals surface area contributed by atoms with Gasteiger partial charge in [0, 0.05) is 5.02 Å². The van der Waals surface area contributed by atoms with Gasteiger partial charge in [-0.15, -0.1) is 0 Å². The van der Waals surface area contributed by atoms with Crippen molar-refractivity contribution in [2.24, 2.45) is 0 Å². The van der Waals surface area contributed by atoms with Crippen molar-refractivity contribution in [3.05, 3.63) is 229 Å². The summed E-state index contributed by atoms with van der Waals surface area (Å²) in [6, 6.07) is 75.0. The molecule has 0 heterocycles. The maximum absolute atomic E-state index is 16.0. The van der Waals surface area contributed by atoms with Gasteiger partial charge in [-0.2, -0.15) is 43.7 Å². The number of benzene rings is 8. The third-order valence-electron chi connectivity index (χ3n) is 11.1. The largest absolute Gasteiger partial charge is 0.210 e. The summed E-state index contributed by atoms with van der Waals surface area (Å²) >= 11 is 7.45. The standard InChI is InChI=1S/C48H36B2ClF/c51-47-36-38(32-35-45(47)49(39-18-6-1-7-19-39,40-20-8-2-9-21-40)41-22-10-3-11-23-41)37-30-33-44(34-31-37)50(42-24-12-4-13-25-42,43-26-14-5-15-27-43)46-28-16-17-29-48(46)52/h1-36H/q-2. The fourth-order valence-corrected chi connectivity index (χ4v) is 9.13. The Hall–Kier alpha value is -5.89. The Morgan fingerprint density at radius 2 is 0.635 bits per heavy atom. The van der Waals surface area contributed by atoms with E-state index in [-0.39, 0.29) is 5.82 Å². The molecule has 0 unspecified atom stereocenters. The minimum Gasteiger partial charge on any atom is -0.210 e. The van der Waals surface area contributed by atoms with Crippen LogP contribution in [0.15, 0.2) is 218 Å². The lowest BCUT2D eigenvalue weighted by molar-refractivity contribution is 0.635. The molecule has 0 aromatic heterocycles. The van der Waals surface area contributed by atoms with E-state index in [4.69, 9.17) is 11.6 Å². The Morgan fingerprint density at radius 3 is 1.02 bits per heavy atom. The van der Waals surface area contributed by atoms with Crippen molar-refractivity contribution in [2.75, 3.05) is 0 Å². The van der Waals surface area contributed by atoms with Gasteiger partial charge in [0.05, 0.1) is 5.82 Å². The zero-order chi connectivity index (χ0) is 35.4. The topological polar surface area (TPSA) is 0 Å². The quantitative estimate of drug-likeness (QED) is 0.145. The molecule has 0 radical (unpaired) electrons. The molecule has 0 aliphatic rings. The molecular formula is C48H36B2ClF-2. The van der Waals surface area contributed by atoms with Crippen LogP contribution < -0.4 is 43.7 Å². The van der Waals surface area contributed by atoms with Gasteiger partial charge >= 0.3 is 0 Å². The zero-order valence-electron chi connectivity index (χ0n) is 28.7. The molecule has 0 N–H and O–H groups in total. The van der Waals surface area contributed by atoms with E-state index in [1.165, 1.54) is 16.4 Å². The molecule has 0 saturated carbocycles. The highest BCUT2D eigenvalue weighted by molar-refractivity contribution is 7.21. The van der Waals surface area contributed by atoms with E-state index in [1.807, 2.05) is 48.5 Å². The van der Waals surface area contributed by atoms with Gasteiger partial charge in [0.1, 0.15) is 12.3 Å². The van der Waals surface area contributed by atoms with E-state index in [1.54, 1.807) is 12.1 Å². The zero-order valence-corrected chi connectivity index (χ0v) is 29.5. The van der Waals surface area contributed by atoms with Gasteiger partial charge in [-0.3, -0.25) is 0 Å². The molecule has 8 rings (SSSR count). The lowest BCUT2D eigenvalue weighted by Gasteiger charge is -2.45. The predicted molar refractivity (Wildman–Crippen MR) is 224 cm³/mol. The highest BCUT2D eigenvalue weighted by Gasteiger charge is 2.35. The first kappa shape index (κ1) is 33.3. The number of hydrogen-bond acceptors (Lipinski definition) is 0. The van der Waals surface area contributed by atoms with Crippen molar-refractivity contribution >= 4 is 67.6 Å². The van der Waals surface area contributed by atoms with Crippen LogP contribution in [0.5, 0.6) is 0 Å². The summed E-state index contributed by atoms with van der Waals surface area (Å²) in [5.74, 6) is -0.220. The molecular weight excluding hydrogens is 653 g/mol. The summed E-state index contributed by atoms with van der Waals surface area (Å²) in [7, 11) is 0. The maximum atomic E-state index is 16.0. The van der Waals surface area contributed by atoms with Crippen molar-refractivity contribution in [2.45, 2.75) is 0 Å². The van der Waals surface area contributed by atoms with Crippen molar-refractivity contribution in [1.82, 2.24) is 0 Å². The van der Waals surface area contributed by atoms with E-state index in [2.05, 4.69) is 158 Å². The second-order valence-corrected chi connectivity index (χ2v) is 14.1. The predicted octanol–water partition coefficient (Wildman–Crippen LogP) is 6.90. The molecule has 0 amide bonds. The first-order valence-corrected chi connectivity index (χ1v) is 18.3. The minimum absolute atomic E-state index is 0.220. The van der Waals surface area contributed by atoms with Crippen molar-refractivity contribution in [1.29, 1.82) is 0 Å². The summed E-state index contributed by atoms with van der Waals surface area (Å²) in [5, 5.41) is 0.705. The summed E-state index contributed by atoms with van der Waals surface area (Å²) < 4.78 is 16.0. The summed E-state index contributed by atoms with van der Waals surface area (Å²) in [6.45, 7) is 0. The fraction of sp³-hybridized carbons (Fsp3) is 0. The van der Waals surface area contributed by atoms with Gasteiger partial charge in [0.2, 0.25) is 0 Å². The Bertz CT molecular complexity index is 2270. The van der Waals surface area contributed by atoms with E-state index in [0.29, 0.717) is 10.5 Å². The second-order valence-electron chi connectivity index (χ2n) is 13.7. The number of hydrogen-bond donors (Lipinski definition) is 0. The molecule has 0 aliphatic heterocycles. The molecule has 0 aliphatic carbocycles. The van der Waals surface area contributed by atoms with Crippen LogP contribution in [0.4, 0.5) is 4.39 Å². The lowest BCUT2D eigenvalue weighted by Crippen LogP contribution is -2.75. The van der Waals surface area contributed by atoms with Crippen LogP contribution in [0.2, 0.25) is 5.02 Å². The van der Waals surface area contributed by atoms with E-state index in [9.17, 15) is 0 Å². The van der Waals surface area contributed by atoms with Crippen molar-refractivity contribution in [3.63, 3.8) is 0 Å². The van der Waals surface area contributed by atoms with Crippen molar-refractivity contribution < 1.29 is 4.39 Å². The van der Waals surface area contributed by atoms with Gasteiger partial charge in [-0.1, -0.05) is 218 Å². The number of rotatable bonds is 9. The van der Waals surface area contributed by atoms with Crippen molar-refractivity contribution in [3.8, 4) is 11.1 Å². The summed E-state index contributed by atoms with van der Waals surface area (Å²) in [4.78, 5) is 0. The molecule has 0 nitrogen and oxygen atoms in total. The minimum atomic E-state index is -1.84. The van der Waals surface area contributed by atoms with Crippen LogP contribution in [0.3, 0.4) is 0 Å². The normalized spacial score (nSPS) is 11.7. The van der Waals surface area contributed by atoms with Gasteiger partial charge in [0.25, 0.3) is 0 Å². The Labute approximate surface area is 311 Å². The Balaban J connectivity index is 1.29. The molecule has 0 atom stereocenters. The van der Waals surface area contributed by atoms with Gasteiger partial charge in [-0.05, 0) is 23.3 Å². The van der Waals surface area contributed by atoms with Crippen LogP contribution in [-0.2, 0) is 0 Å². The molecule has 0 fully saturated rings. The fourth-order valence-electron chi connectivity index (χ4n) is 8.79. The lowest BCUT2D eigenvalue weighted by atomic mass is 9.13. The average molecular weight is 689 g/mol. The molecule has 8 aromatic rings. The van der Waals surface area contributed by atoms with Crippen LogP contribution >= 0.6 is 11.6 Å². The first-order chi connectivity index (χ1) is 25.6. The van der Waals surface area contributed by atoms with E-state index < -0.39 is 12.3 Å². The van der Waals surface area contributed by atoms with Crippen LogP contribution in [0, 0.1) is 5.82 Å². The molecule has 52 heavy (non-hydrogen) atoms. The SMILES string of the molecule is Fc1ccccc1[B-](c1ccccc1)(c1ccccc1)c1ccc(-c2ccc([B-](c3ccccc3)(c3ccccc3)c3ccccc3)c(Cl)c2)cc1. The van der Waals surface area contributed by atoms with Crippen LogP contribution in [-0.4, -0.2) is 12.3 Å². The third kappa shape index (κ3) is 5.68. The molecule has 0 bridgehead atoms. The maximum Gasteiger partial charge on any atom is 0.111 e. The van der Waals surface area contributed by atoms with E-state index in [0.717, 1.165) is 33.0 Å². The van der Waals surface area contributed by atoms with Crippen LogP contribution in [0.25, 0.3) is 11.1 Å². The molecule has 8 aromatic carbocycles. The second kappa shape index (κ2) is 14.4. The third-order valence-corrected chi connectivity index (χ3v) is 11.4. The van der Waals surface area contributed by atoms with Gasteiger partial charge in [-0.25, -0.2) is 4.39 Å². The van der Waals surface area contributed by atoms with Crippen LogP contribution in [0.1, 0.15) is 0 Å². The Morgan fingerprint density at radius 1 is 0.308 bits per heavy atom. The van der Waals surface area contributed by atoms with E-state index >= 15 is 4.39 Å².